The molecule has 3 rings (SSSR count). The molecule has 132 valence electrons. The van der Waals surface area contributed by atoms with Crippen LogP contribution in [-0.4, -0.2) is 31.3 Å². The number of nitro benzene ring substituents is 1. The molecule has 0 bridgehead atoms. The summed E-state index contributed by atoms with van der Waals surface area (Å²) in [6.07, 6.45) is 3.13. The van der Waals surface area contributed by atoms with Crippen LogP contribution in [0.5, 0.6) is 0 Å². The molecule has 1 heterocycles. The fourth-order valence-electron chi connectivity index (χ4n) is 2.20. The van der Waals surface area contributed by atoms with Gasteiger partial charge in [0.25, 0.3) is 5.69 Å². The van der Waals surface area contributed by atoms with Gasteiger partial charge in [0.1, 0.15) is 12.7 Å². The number of nitrogens with one attached hydrogen (secondary N) is 1. The van der Waals surface area contributed by atoms with Gasteiger partial charge in [0, 0.05) is 22.7 Å². The number of hydrogen-bond acceptors (Lipinski definition) is 6. The standard InChI is InChI=1S/C17H15N5O3S/c23-17(10-26-16-7-5-15(6-8-16)22(24)25)20-14-3-1-13(2-4-14)9-21-12-18-11-19-21/h1-8,11-12H,9-10H2,(H,20,23). The van der Waals surface area contributed by atoms with E-state index >= 15 is 0 Å². The maximum absolute atomic E-state index is 12.0. The van der Waals surface area contributed by atoms with Crippen LogP contribution in [0.15, 0.2) is 66.1 Å². The van der Waals surface area contributed by atoms with Gasteiger partial charge >= 0.3 is 0 Å². The van der Waals surface area contributed by atoms with Gasteiger partial charge in [-0.25, -0.2) is 9.67 Å². The SMILES string of the molecule is O=C(CSc1ccc([N+](=O)[O-])cc1)Nc1ccc(Cn2cncn2)cc1. The summed E-state index contributed by atoms with van der Waals surface area (Å²) in [5, 5.41) is 17.5. The molecular weight excluding hydrogens is 354 g/mol. The van der Waals surface area contributed by atoms with Crippen LogP contribution in [0.3, 0.4) is 0 Å². The maximum atomic E-state index is 12.0. The summed E-state index contributed by atoms with van der Waals surface area (Å²) >= 11 is 1.32. The Hall–Kier alpha value is -3.20. The van der Waals surface area contributed by atoms with Crippen LogP contribution in [0, 0.1) is 10.1 Å². The number of non-ortho nitro benzene ring substituents is 1. The molecule has 0 saturated heterocycles. The summed E-state index contributed by atoms with van der Waals surface area (Å²) in [4.78, 5) is 26.9. The number of anilines is 1. The molecule has 1 aromatic heterocycles. The van der Waals surface area contributed by atoms with Crippen molar-refractivity contribution in [2.24, 2.45) is 0 Å². The monoisotopic (exact) mass is 369 g/mol. The van der Waals surface area contributed by atoms with Gasteiger partial charge in [0.15, 0.2) is 0 Å². The Morgan fingerprint density at radius 1 is 1.15 bits per heavy atom. The second-order valence-electron chi connectivity index (χ2n) is 5.38. The molecule has 8 nitrogen and oxygen atoms in total. The number of carbonyl (C=O) groups is 1. The summed E-state index contributed by atoms with van der Waals surface area (Å²) in [5.41, 5.74) is 1.79. The van der Waals surface area contributed by atoms with Gasteiger partial charge in [-0.05, 0) is 29.8 Å². The van der Waals surface area contributed by atoms with Crippen LogP contribution in [0.1, 0.15) is 5.56 Å². The lowest BCUT2D eigenvalue weighted by atomic mass is 10.2. The maximum Gasteiger partial charge on any atom is 0.269 e. The van der Waals surface area contributed by atoms with Crippen molar-refractivity contribution in [3.63, 3.8) is 0 Å². The third kappa shape index (κ3) is 4.90. The Balaban J connectivity index is 1.49. The number of benzene rings is 2. The Bertz CT molecular complexity index is 880. The predicted molar refractivity (Wildman–Crippen MR) is 98.0 cm³/mol. The van der Waals surface area contributed by atoms with Gasteiger partial charge in [0.05, 0.1) is 17.2 Å². The predicted octanol–water partition coefficient (Wildman–Crippen LogP) is 2.97. The largest absolute Gasteiger partial charge is 0.325 e. The van der Waals surface area contributed by atoms with Gasteiger partial charge < -0.3 is 5.32 Å². The Morgan fingerprint density at radius 2 is 1.88 bits per heavy atom. The summed E-state index contributed by atoms with van der Waals surface area (Å²) in [6, 6.07) is 13.6. The van der Waals surface area contributed by atoms with Crippen molar-refractivity contribution in [2.75, 3.05) is 11.1 Å². The molecule has 0 unspecified atom stereocenters. The van der Waals surface area contributed by atoms with Crippen molar-refractivity contribution in [1.29, 1.82) is 0 Å². The number of aromatic nitrogens is 3. The van der Waals surface area contributed by atoms with Gasteiger partial charge in [0.2, 0.25) is 5.91 Å². The number of nitrogens with zero attached hydrogens (tertiary/aromatic N) is 4. The number of rotatable bonds is 7. The molecule has 0 aliphatic carbocycles. The number of amides is 1. The lowest BCUT2D eigenvalue weighted by Gasteiger charge is -2.07. The first-order chi connectivity index (χ1) is 12.6. The summed E-state index contributed by atoms with van der Waals surface area (Å²) in [7, 11) is 0. The van der Waals surface area contributed by atoms with Gasteiger partial charge in [-0.2, -0.15) is 5.10 Å². The topological polar surface area (TPSA) is 103 Å². The van der Waals surface area contributed by atoms with Gasteiger partial charge in [-0.1, -0.05) is 12.1 Å². The molecule has 0 aliphatic heterocycles. The molecule has 0 spiro atoms. The normalized spacial score (nSPS) is 10.5. The fraction of sp³-hybridized carbons (Fsp3) is 0.118. The average Bonchev–Trinajstić information content (AvgIpc) is 3.15. The number of carbonyl (C=O) groups excluding carboxylic acids is 1. The highest BCUT2D eigenvalue weighted by Crippen LogP contribution is 2.21. The van der Waals surface area contributed by atoms with Crippen LogP contribution in [-0.2, 0) is 11.3 Å². The Labute approximate surface area is 153 Å². The molecule has 3 aromatic rings. The van der Waals surface area contributed by atoms with E-state index in [1.54, 1.807) is 23.1 Å². The zero-order valence-corrected chi connectivity index (χ0v) is 14.4. The molecule has 0 saturated carbocycles. The Kier molecular flexibility index (Phi) is 5.59. The minimum Gasteiger partial charge on any atom is -0.325 e. The zero-order chi connectivity index (χ0) is 18.4. The lowest BCUT2D eigenvalue weighted by molar-refractivity contribution is -0.384. The van der Waals surface area contributed by atoms with Crippen LogP contribution < -0.4 is 5.32 Å². The lowest BCUT2D eigenvalue weighted by Crippen LogP contribution is -2.14. The van der Waals surface area contributed by atoms with Gasteiger partial charge in [-0.3, -0.25) is 14.9 Å². The molecule has 0 fully saturated rings. The Morgan fingerprint density at radius 3 is 2.50 bits per heavy atom. The van der Waals surface area contributed by atoms with E-state index < -0.39 is 4.92 Å². The second-order valence-corrected chi connectivity index (χ2v) is 6.43. The van der Waals surface area contributed by atoms with E-state index in [4.69, 9.17) is 0 Å². The van der Waals surface area contributed by atoms with E-state index in [-0.39, 0.29) is 17.3 Å². The van der Waals surface area contributed by atoms with E-state index in [0.29, 0.717) is 12.2 Å². The minimum absolute atomic E-state index is 0.0322. The minimum atomic E-state index is -0.451. The van der Waals surface area contributed by atoms with E-state index in [2.05, 4.69) is 15.4 Å². The first-order valence-corrected chi connectivity index (χ1v) is 8.67. The third-order valence-electron chi connectivity index (χ3n) is 3.47. The highest BCUT2D eigenvalue weighted by Gasteiger charge is 2.07. The first kappa shape index (κ1) is 17.6. The highest BCUT2D eigenvalue weighted by molar-refractivity contribution is 8.00. The average molecular weight is 369 g/mol. The van der Waals surface area contributed by atoms with Crippen LogP contribution >= 0.6 is 11.8 Å². The van der Waals surface area contributed by atoms with Crippen molar-refractivity contribution < 1.29 is 9.72 Å². The molecule has 1 amide bonds. The number of thioether (sulfide) groups is 1. The van der Waals surface area contributed by atoms with Crippen molar-refractivity contribution in [3.8, 4) is 0 Å². The quantitative estimate of drug-likeness (QED) is 0.390. The second kappa shape index (κ2) is 8.26. The van der Waals surface area contributed by atoms with Crippen LogP contribution in [0.4, 0.5) is 11.4 Å². The van der Waals surface area contributed by atoms with E-state index in [1.807, 2.05) is 24.3 Å². The van der Waals surface area contributed by atoms with E-state index in [9.17, 15) is 14.9 Å². The molecule has 0 atom stereocenters. The molecule has 0 aliphatic rings. The van der Waals surface area contributed by atoms with Crippen molar-refractivity contribution in [2.45, 2.75) is 11.4 Å². The molecule has 0 radical (unpaired) electrons. The number of hydrogen-bond donors (Lipinski definition) is 1. The molecule has 1 N–H and O–H groups in total. The van der Waals surface area contributed by atoms with Gasteiger partial charge in [-0.15, -0.1) is 11.8 Å². The van der Waals surface area contributed by atoms with E-state index in [1.165, 1.54) is 30.2 Å². The van der Waals surface area contributed by atoms with Crippen molar-refractivity contribution in [1.82, 2.24) is 14.8 Å². The van der Waals surface area contributed by atoms with Crippen molar-refractivity contribution >= 4 is 29.0 Å². The highest BCUT2D eigenvalue weighted by atomic mass is 32.2. The van der Waals surface area contributed by atoms with Crippen LogP contribution in [0.25, 0.3) is 0 Å². The van der Waals surface area contributed by atoms with E-state index in [0.717, 1.165) is 10.5 Å². The smallest absolute Gasteiger partial charge is 0.269 e. The summed E-state index contributed by atoms with van der Waals surface area (Å²) < 4.78 is 1.72. The molecular formula is C17H15N5O3S. The summed E-state index contributed by atoms with van der Waals surface area (Å²) in [5.74, 6) is 0.0794. The zero-order valence-electron chi connectivity index (χ0n) is 13.6. The third-order valence-corrected chi connectivity index (χ3v) is 4.48. The molecule has 26 heavy (non-hydrogen) atoms. The summed E-state index contributed by atoms with van der Waals surface area (Å²) in [6.45, 7) is 0.615. The van der Waals surface area contributed by atoms with Crippen LogP contribution in [0.2, 0.25) is 0 Å². The fourth-order valence-corrected chi connectivity index (χ4v) is 2.90. The first-order valence-electron chi connectivity index (χ1n) is 7.68. The molecule has 2 aromatic carbocycles. The van der Waals surface area contributed by atoms with Crippen molar-refractivity contribution in [3.05, 3.63) is 76.9 Å². The number of nitro groups is 1. The molecule has 9 heteroatoms.